The maximum absolute atomic E-state index is 6.34. The van der Waals surface area contributed by atoms with Crippen molar-refractivity contribution in [2.75, 3.05) is 6.54 Å². The van der Waals surface area contributed by atoms with Crippen LogP contribution in [0.4, 0.5) is 0 Å². The van der Waals surface area contributed by atoms with Crippen molar-refractivity contribution in [2.24, 2.45) is 7.05 Å². The third-order valence-electron chi connectivity index (χ3n) is 3.40. The van der Waals surface area contributed by atoms with E-state index in [9.17, 15) is 0 Å². The number of aryl methyl sites for hydroxylation is 1. The summed E-state index contributed by atoms with van der Waals surface area (Å²) in [5.74, 6) is 0. The molecule has 0 saturated heterocycles. The van der Waals surface area contributed by atoms with Crippen LogP contribution in [0.15, 0.2) is 30.5 Å². The number of hydrogen-bond acceptors (Lipinski definition) is 2. The van der Waals surface area contributed by atoms with E-state index in [0.29, 0.717) is 0 Å². The normalized spacial score (nSPS) is 12.6. The van der Waals surface area contributed by atoms with Crippen LogP contribution in [0.1, 0.15) is 36.2 Å². The maximum Gasteiger partial charge on any atom is 0.0625 e. The molecule has 1 aromatic carbocycles. The van der Waals surface area contributed by atoms with E-state index < -0.39 is 0 Å². The van der Waals surface area contributed by atoms with Gasteiger partial charge in [-0.2, -0.15) is 5.10 Å². The molecule has 0 fully saturated rings. The number of aromatic nitrogens is 2. The zero-order chi connectivity index (χ0) is 13.8. The molecule has 1 aromatic heterocycles. The topological polar surface area (TPSA) is 29.9 Å². The van der Waals surface area contributed by atoms with Gasteiger partial charge in [0.2, 0.25) is 0 Å². The Morgan fingerprint density at radius 1 is 1.32 bits per heavy atom. The second kappa shape index (κ2) is 6.22. The molecule has 0 aliphatic carbocycles. The molecule has 2 aromatic rings. The van der Waals surface area contributed by atoms with Crippen LogP contribution in [0.3, 0.4) is 0 Å². The summed E-state index contributed by atoms with van der Waals surface area (Å²) in [4.78, 5) is 0. The van der Waals surface area contributed by atoms with E-state index >= 15 is 0 Å². The van der Waals surface area contributed by atoms with Gasteiger partial charge in [-0.1, -0.05) is 36.7 Å². The molecule has 0 aliphatic heterocycles. The van der Waals surface area contributed by atoms with E-state index in [0.717, 1.165) is 29.2 Å². The van der Waals surface area contributed by atoms with E-state index in [-0.39, 0.29) is 6.04 Å². The molecule has 0 spiro atoms. The van der Waals surface area contributed by atoms with Gasteiger partial charge in [0.05, 0.1) is 12.2 Å². The van der Waals surface area contributed by atoms with Crippen molar-refractivity contribution < 1.29 is 0 Å². The number of benzene rings is 1. The van der Waals surface area contributed by atoms with E-state index in [1.54, 1.807) is 0 Å². The molecule has 1 heterocycles. The molecule has 102 valence electrons. The highest BCUT2D eigenvalue weighted by molar-refractivity contribution is 6.31. The summed E-state index contributed by atoms with van der Waals surface area (Å²) in [7, 11) is 1.96. The molecule has 1 unspecified atom stereocenters. The number of nitrogens with one attached hydrogen (secondary N) is 1. The minimum Gasteiger partial charge on any atom is -0.306 e. The summed E-state index contributed by atoms with van der Waals surface area (Å²) < 4.78 is 1.90. The zero-order valence-corrected chi connectivity index (χ0v) is 12.4. The minimum atomic E-state index is 0.0994. The standard InChI is InChI=1S/C15H20ClN3/c1-4-9-17-15(12-7-5-6-8-14(12)16)13-10-18-19(3)11(13)2/h5-8,10,15,17H,4,9H2,1-3H3. The molecule has 0 amide bonds. The fourth-order valence-corrected chi connectivity index (χ4v) is 2.43. The van der Waals surface area contributed by atoms with Crippen molar-refractivity contribution >= 4 is 11.6 Å². The van der Waals surface area contributed by atoms with Crippen LogP contribution in [0, 0.1) is 6.92 Å². The lowest BCUT2D eigenvalue weighted by molar-refractivity contribution is 0.594. The molecule has 1 N–H and O–H groups in total. The summed E-state index contributed by atoms with van der Waals surface area (Å²) in [6.07, 6.45) is 3.01. The van der Waals surface area contributed by atoms with Crippen molar-refractivity contribution in [3.05, 3.63) is 52.3 Å². The summed E-state index contributed by atoms with van der Waals surface area (Å²) in [5, 5.41) is 8.68. The zero-order valence-electron chi connectivity index (χ0n) is 11.7. The molecule has 0 bridgehead atoms. The number of nitrogens with zero attached hydrogens (tertiary/aromatic N) is 2. The first-order valence-corrected chi connectivity index (χ1v) is 6.99. The Morgan fingerprint density at radius 2 is 2.05 bits per heavy atom. The Labute approximate surface area is 119 Å². The highest BCUT2D eigenvalue weighted by atomic mass is 35.5. The maximum atomic E-state index is 6.34. The van der Waals surface area contributed by atoms with Gasteiger partial charge in [-0.05, 0) is 31.5 Å². The Kier molecular flexibility index (Phi) is 4.61. The van der Waals surface area contributed by atoms with Crippen LogP contribution in [-0.2, 0) is 7.05 Å². The summed E-state index contributed by atoms with van der Waals surface area (Å²) in [5.41, 5.74) is 3.45. The molecule has 19 heavy (non-hydrogen) atoms. The number of hydrogen-bond donors (Lipinski definition) is 1. The second-order valence-electron chi connectivity index (χ2n) is 4.72. The lowest BCUT2D eigenvalue weighted by Gasteiger charge is -2.20. The van der Waals surface area contributed by atoms with Gasteiger partial charge in [-0.3, -0.25) is 4.68 Å². The molecule has 0 radical (unpaired) electrons. The SMILES string of the molecule is CCCNC(c1ccccc1Cl)c1cnn(C)c1C. The van der Waals surface area contributed by atoms with Crippen LogP contribution < -0.4 is 5.32 Å². The number of rotatable bonds is 5. The minimum absolute atomic E-state index is 0.0994. The van der Waals surface area contributed by atoms with Crippen LogP contribution in [0.25, 0.3) is 0 Å². The van der Waals surface area contributed by atoms with Gasteiger partial charge in [0.25, 0.3) is 0 Å². The van der Waals surface area contributed by atoms with Crippen molar-refractivity contribution in [2.45, 2.75) is 26.3 Å². The lowest BCUT2D eigenvalue weighted by atomic mass is 9.99. The molecule has 0 saturated carbocycles. The Morgan fingerprint density at radius 3 is 2.63 bits per heavy atom. The molecular formula is C15H20ClN3. The van der Waals surface area contributed by atoms with Gasteiger partial charge in [0.1, 0.15) is 0 Å². The van der Waals surface area contributed by atoms with E-state index in [1.165, 1.54) is 5.56 Å². The van der Waals surface area contributed by atoms with E-state index in [2.05, 4.69) is 30.3 Å². The van der Waals surface area contributed by atoms with E-state index in [1.807, 2.05) is 36.1 Å². The molecule has 4 heteroatoms. The van der Waals surface area contributed by atoms with Crippen molar-refractivity contribution in [3.63, 3.8) is 0 Å². The predicted molar refractivity (Wildman–Crippen MR) is 79.5 cm³/mol. The smallest absolute Gasteiger partial charge is 0.0625 e. The molecule has 3 nitrogen and oxygen atoms in total. The largest absolute Gasteiger partial charge is 0.306 e. The van der Waals surface area contributed by atoms with Crippen molar-refractivity contribution in [1.82, 2.24) is 15.1 Å². The lowest BCUT2D eigenvalue weighted by Crippen LogP contribution is -2.24. The van der Waals surface area contributed by atoms with E-state index in [4.69, 9.17) is 11.6 Å². The molecule has 2 rings (SSSR count). The van der Waals surface area contributed by atoms with Gasteiger partial charge >= 0.3 is 0 Å². The molecule has 0 aliphatic rings. The molecule has 1 atom stereocenters. The highest BCUT2D eigenvalue weighted by Crippen LogP contribution is 2.29. The van der Waals surface area contributed by atoms with Crippen LogP contribution in [0.5, 0.6) is 0 Å². The highest BCUT2D eigenvalue weighted by Gasteiger charge is 2.20. The van der Waals surface area contributed by atoms with Gasteiger partial charge in [0, 0.05) is 23.3 Å². The Hall–Kier alpha value is -1.32. The third-order valence-corrected chi connectivity index (χ3v) is 3.74. The first kappa shape index (κ1) is 14.1. The first-order valence-electron chi connectivity index (χ1n) is 6.61. The van der Waals surface area contributed by atoms with Crippen molar-refractivity contribution in [3.8, 4) is 0 Å². The fourth-order valence-electron chi connectivity index (χ4n) is 2.18. The summed E-state index contributed by atoms with van der Waals surface area (Å²) >= 11 is 6.34. The van der Waals surface area contributed by atoms with Crippen LogP contribution >= 0.6 is 11.6 Å². The quantitative estimate of drug-likeness (QED) is 0.907. The fraction of sp³-hybridized carbons (Fsp3) is 0.400. The average molecular weight is 278 g/mol. The monoisotopic (exact) mass is 277 g/mol. The summed E-state index contributed by atoms with van der Waals surface area (Å²) in [6.45, 7) is 5.19. The Balaban J connectivity index is 2.42. The summed E-state index contributed by atoms with van der Waals surface area (Å²) in [6, 6.07) is 8.08. The van der Waals surface area contributed by atoms with Gasteiger partial charge < -0.3 is 5.32 Å². The third kappa shape index (κ3) is 2.99. The Bertz CT molecular complexity index is 548. The van der Waals surface area contributed by atoms with Crippen LogP contribution in [0.2, 0.25) is 5.02 Å². The molecular weight excluding hydrogens is 258 g/mol. The van der Waals surface area contributed by atoms with Gasteiger partial charge in [-0.25, -0.2) is 0 Å². The average Bonchev–Trinajstić information content (AvgIpc) is 2.73. The van der Waals surface area contributed by atoms with Crippen LogP contribution in [-0.4, -0.2) is 16.3 Å². The predicted octanol–water partition coefficient (Wildman–Crippen LogP) is 3.47. The second-order valence-corrected chi connectivity index (χ2v) is 5.12. The van der Waals surface area contributed by atoms with Crippen molar-refractivity contribution in [1.29, 1.82) is 0 Å². The van der Waals surface area contributed by atoms with Gasteiger partial charge in [-0.15, -0.1) is 0 Å². The van der Waals surface area contributed by atoms with Gasteiger partial charge in [0.15, 0.2) is 0 Å². The first-order chi connectivity index (χ1) is 9.15. The number of halogens is 1.